The van der Waals surface area contributed by atoms with E-state index in [1.165, 1.54) is 49.9 Å². The van der Waals surface area contributed by atoms with Gasteiger partial charge in [-0.15, -0.1) is 11.3 Å². The van der Waals surface area contributed by atoms with E-state index in [1.54, 1.807) is 0 Å². The summed E-state index contributed by atoms with van der Waals surface area (Å²) in [5.41, 5.74) is 6.52. The molecule has 0 radical (unpaired) electrons. The summed E-state index contributed by atoms with van der Waals surface area (Å²) < 4.78 is 0. The molecular formula is C17H30N2OS. The number of hydrogen-bond acceptors (Lipinski definition) is 3. The minimum Gasteiger partial charge on any atom is -0.397 e. The number of unbranched alkanes of at least 4 members (excludes halogenated alkanes) is 6. The fourth-order valence-corrected chi connectivity index (χ4v) is 3.20. The Balaban J connectivity index is 2.53. The first kappa shape index (κ1) is 18.0. The summed E-state index contributed by atoms with van der Waals surface area (Å²) in [7, 11) is 0. The minimum absolute atomic E-state index is 0.121. The Hall–Kier alpha value is -1.03. The number of amides is 1. The van der Waals surface area contributed by atoms with Crippen LogP contribution in [0.3, 0.4) is 0 Å². The van der Waals surface area contributed by atoms with Gasteiger partial charge >= 0.3 is 0 Å². The zero-order valence-corrected chi connectivity index (χ0v) is 14.4. The quantitative estimate of drug-likeness (QED) is 0.589. The lowest BCUT2D eigenvalue weighted by molar-refractivity contribution is 0.0755. The largest absolute Gasteiger partial charge is 0.397 e. The number of anilines is 1. The summed E-state index contributed by atoms with van der Waals surface area (Å²) in [6, 6.07) is 1.82. The molecule has 1 rings (SSSR count). The van der Waals surface area contributed by atoms with Gasteiger partial charge in [-0.05, 0) is 24.3 Å². The predicted molar refractivity (Wildman–Crippen MR) is 92.9 cm³/mol. The molecule has 0 aliphatic heterocycles. The molecule has 0 unspecified atom stereocenters. The normalized spacial score (nSPS) is 10.8. The second kappa shape index (κ2) is 10.7. The number of rotatable bonds is 11. The maximum Gasteiger partial charge on any atom is 0.266 e. The molecule has 0 aromatic carbocycles. The molecule has 0 atom stereocenters. The van der Waals surface area contributed by atoms with E-state index >= 15 is 0 Å². The van der Waals surface area contributed by atoms with Crippen molar-refractivity contribution < 1.29 is 4.79 Å². The molecule has 1 aromatic heterocycles. The molecule has 21 heavy (non-hydrogen) atoms. The van der Waals surface area contributed by atoms with Crippen molar-refractivity contribution in [3.63, 3.8) is 0 Å². The topological polar surface area (TPSA) is 46.3 Å². The highest BCUT2D eigenvalue weighted by Crippen LogP contribution is 2.21. The van der Waals surface area contributed by atoms with E-state index in [0.29, 0.717) is 10.6 Å². The number of carbonyl (C=O) groups is 1. The van der Waals surface area contributed by atoms with Crippen LogP contribution in [0, 0.1) is 0 Å². The van der Waals surface area contributed by atoms with Crippen molar-refractivity contribution in [1.82, 2.24) is 4.90 Å². The first-order valence-corrected chi connectivity index (χ1v) is 9.20. The van der Waals surface area contributed by atoms with Crippen LogP contribution in [-0.4, -0.2) is 23.9 Å². The third kappa shape index (κ3) is 6.51. The van der Waals surface area contributed by atoms with Crippen LogP contribution in [0.4, 0.5) is 5.69 Å². The molecular weight excluding hydrogens is 280 g/mol. The maximum absolute atomic E-state index is 12.6. The molecule has 0 saturated heterocycles. The molecule has 0 saturated carbocycles. The van der Waals surface area contributed by atoms with Crippen molar-refractivity contribution in [3.05, 3.63) is 16.3 Å². The van der Waals surface area contributed by atoms with Crippen LogP contribution in [0.5, 0.6) is 0 Å². The van der Waals surface area contributed by atoms with Crippen LogP contribution in [-0.2, 0) is 0 Å². The molecule has 1 aromatic rings. The number of thiophene rings is 1. The van der Waals surface area contributed by atoms with Gasteiger partial charge in [0.05, 0.1) is 5.69 Å². The first-order chi connectivity index (χ1) is 10.2. The third-order valence-electron chi connectivity index (χ3n) is 3.74. The van der Waals surface area contributed by atoms with Gasteiger partial charge in [0, 0.05) is 13.1 Å². The van der Waals surface area contributed by atoms with Gasteiger partial charge in [-0.25, -0.2) is 0 Å². The van der Waals surface area contributed by atoms with E-state index in [2.05, 4.69) is 13.8 Å². The number of hydrogen-bond donors (Lipinski definition) is 1. The van der Waals surface area contributed by atoms with Gasteiger partial charge < -0.3 is 10.6 Å². The Morgan fingerprint density at radius 3 is 2.05 bits per heavy atom. The fraction of sp³-hybridized carbons (Fsp3) is 0.706. The highest BCUT2D eigenvalue weighted by Gasteiger charge is 2.18. The summed E-state index contributed by atoms with van der Waals surface area (Å²) in [6.07, 6.45) is 9.55. The van der Waals surface area contributed by atoms with Crippen LogP contribution in [0.1, 0.15) is 74.9 Å². The minimum atomic E-state index is 0.121. The lowest BCUT2D eigenvalue weighted by Gasteiger charge is -2.22. The van der Waals surface area contributed by atoms with Crippen LogP contribution >= 0.6 is 11.3 Å². The Labute approximate surface area is 133 Å². The Morgan fingerprint density at radius 2 is 1.62 bits per heavy atom. The molecule has 0 aliphatic carbocycles. The monoisotopic (exact) mass is 310 g/mol. The molecule has 1 heterocycles. The van der Waals surface area contributed by atoms with E-state index in [0.717, 1.165) is 25.9 Å². The molecule has 0 fully saturated rings. The molecule has 1 amide bonds. The summed E-state index contributed by atoms with van der Waals surface area (Å²) in [5, 5.41) is 1.90. The fourth-order valence-electron chi connectivity index (χ4n) is 2.41. The summed E-state index contributed by atoms with van der Waals surface area (Å²) in [6.45, 7) is 6.14. The Kier molecular flexibility index (Phi) is 9.15. The van der Waals surface area contributed by atoms with Crippen LogP contribution < -0.4 is 5.73 Å². The molecule has 4 heteroatoms. The van der Waals surface area contributed by atoms with Crippen LogP contribution in [0.15, 0.2) is 11.4 Å². The highest BCUT2D eigenvalue weighted by molar-refractivity contribution is 7.12. The standard InChI is InChI=1S/C17H30N2OS/c1-3-5-7-9-12-19(13-10-8-6-4-2)17(20)16-15(18)11-14-21-16/h11,14H,3-10,12-13,18H2,1-2H3. The van der Waals surface area contributed by atoms with E-state index < -0.39 is 0 Å². The van der Waals surface area contributed by atoms with Crippen molar-refractivity contribution in [2.75, 3.05) is 18.8 Å². The number of nitrogens with zero attached hydrogens (tertiary/aromatic N) is 1. The number of nitrogen functional groups attached to an aromatic ring is 1. The molecule has 0 bridgehead atoms. The molecule has 2 N–H and O–H groups in total. The van der Waals surface area contributed by atoms with Gasteiger partial charge in [-0.1, -0.05) is 52.4 Å². The Morgan fingerprint density at radius 1 is 1.05 bits per heavy atom. The molecule has 0 spiro atoms. The first-order valence-electron chi connectivity index (χ1n) is 8.32. The van der Waals surface area contributed by atoms with Crippen molar-refractivity contribution >= 4 is 22.9 Å². The second-order valence-corrected chi connectivity index (χ2v) is 6.53. The Bertz CT molecular complexity index is 391. The van der Waals surface area contributed by atoms with E-state index in [1.807, 2.05) is 16.3 Å². The summed E-state index contributed by atoms with van der Waals surface area (Å²) in [4.78, 5) is 15.3. The van der Waals surface area contributed by atoms with E-state index in [4.69, 9.17) is 5.73 Å². The highest BCUT2D eigenvalue weighted by atomic mass is 32.1. The molecule has 3 nitrogen and oxygen atoms in total. The summed E-state index contributed by atoms with van der Waals surface area (Å²) in [5.74, 6) is 0.121. The van der Waals surface area contributed by atoms with Gasteiger partial charge in [0.2, 0.25) is 0 Å². The molecule has 120 valence electrons. The average molecular weight is 311 g/mol. The summed E-state index contributed by atoms with van der Waals surface area (Å²) >= 11 is 1.46. The van der Waals surface area contributed by atoms with Crippen molar-refractivity contribution in [2.45, 2.75) is 65.2 Å². The van der Waals surface area contributed by atoms with Crippen molar-refractivity contribution in [3.8, 4) is 0 Å². The van der Waals surface area contributed by atoms with Gasteiger partial charge in [-0.3, -0.25) is 4.79 Å². The van der Waals surface area contributed by atoms with Gasteiger partial charge in [0.15, 0.2) is 0 Å². The average Bonchev–Trinajstić information content (AvgIpc) is 2.91. The SMILES string of the molecule is CCCCCCN(CCCCCC)C(=O)c1sccc1N. The van der Waals surface area contributed by atoms with Gasteiger partial charge in [0.1, 0.15) is 4.88 Å². The van der Waals surface area contributed by atoms with Gasteiger partial charge in [-0.2, -0.15) is 0 Å². The second-order valence-electron chi connectivity index (χ2n) is 5.62. The van der Waals surface area contributed by atoms with Gasteiger partial charge in [0.25, 0.3) is 5.91 Å². The zero-order valence-electron chi connectivity index (χ0n) is 13.6. The zero-order chi connectivity index (χ0) is 15.5. The van der Waals surface area contributed by atoms with E-state index in [9.17, 15) is 4.79 Å². The predicted octanol–water partition coefficient (Wildman–Crippen LogP) is 4.93. The lowest BCUT2D eigenvalue weighted by atomic mass is 10.1. The van der Waals surface area contributed by atoms with E-state index in [-0.39, 0.29) is 5.91 Å². The van der Waals surface area contributed by atoms with Crippen molar-refractivity contribution in [1.29, 1.82) is 0 Å². The smallest absolute Gasteiger partial charge is 0.266 e. The third-order valence-corrected chi connectivity index (χ3v) is 4.66. The molecule has 0 aliphatic rings. The maximum atomic E-state index is 12.6. The number of nitrogens with two attached hydrogens (primary N) is 1. The van der Waals surface area contributed by atoms with Crippen LogP contribution in [0.25, 0.3) is 0 Å². The number of carbonyl (C=O) groups excluding carboxylic acids is 1. The van der Waals surface area contributed by atoms with Crippen molar-refractivity contribution in [2.24, 2.45) is 0 Å². The van der Waals surface area contributed by atoms with Crippen LogP contribution in [0.2, 0.25) is 0 Å². The lowest BCUT2D eigenvalue weighted by Crippen LogP contribution is -2.33.